The molecular formula is C22H23NO3S2. The smallest absolute Gasteiger partial charge is 0.270 e. The van der Waals surface area contributed by atoms with Crippen molar-refractivity contribution in [2.24, 2.45) is 5.92 Å². The number of ether oxygens (including phenoxy) is 2. The summed E-state index contributed by atoms with van der Waals surface area (Å²) in [6, 6.07) is 15.2. The largest absolute Gasteiger partial charge is 0.490 e. The molecule has 1 saturated heterocycles. The van der Waals surface area contributed by atoms with Gasteiger partial charge in [-0.1, -0.05) is 62.1 Å². The molecule has 1 heterocycles. The molecule has 6 heteroatoms. The van der Waals surface area contributed by atoms with E-state index in [1.807, 2.05) is 61.5 Å². The zero-order chi connectivity index (χ0) is 20.1. The van der Waals surface area contributed by atoms with Crippen LogP contribution in [0.1, 0.15) is 26.3 Å². The molecule has 4 nitrogen and oxygen atoms in total. The molecule has 0 N–H and O–H groups in total. The lowest BCUT2D eigenvalue weighted by Gasteiger charge is -2.14. The fourth-order valence-corrected chi connectivity index (χ4v) is 3.98. The first-order valence-corrected chi connectivity index (χ1v) is 10.4. The highest BCUT2D eigenvalue weighted by molar-refractivity contribution is 8.27. The summed E-state index contributed by atoms with van der Waals surface area (Å²) in [6.07, 6.45) is 1.84. The van der Waals surface area contributed by atoms with Crippen LogP contribution >= 0.6 is 24.0 Å². The normalized spacial score (nSPS) is 15.6. The van der Waals surface area contributed by atoms with E-state index in [4.69, 9.17) is 21.7 Å². The van der Waals surface area contributed by atoms with Gasteiger partial charge >= 0.3 is 0 Å². The Labute approximate surface area is 175 Å². The summed E-state index contributed by atoms with van der Waals surface area (Å²) in [5.41, 5.74) is 1.65. The minimum Gasteiger partial charge on any atom is -0.490 e. The lowest BCUT2D eigenvalue weighted by atomic mass is 10.1. The Kier molecular flexibility index (Phi) is 6.75. The first-order valence-electron chi connectivity index (χ1n) is 9.22. The van der Waals surface area contributed by atoms with Gasteiger partial charge in [-0.05, 0) is 48.7 Å². The van der Waals surface area contributed by atoms with E-state index in [1.54, 1.807) is 4.90 Å². The number of thioether (sulfide) groups is 1. The number of carbonyl (C=O) groups is 1. The van der Waals surface area contributed by atoms with Gasteiger partial charge in [-0.2, -0.15) is 0 Å². The van der Waals surface area contributed by atoms with E-state index >= 15 is 0 Å². The Morgan fingerprint density at radius 3 is 2.54 bits per heavy atom. The second-order valence-electron chi connectivity index (χ2n) is 6.70. The van der Waals surface area contributed by atoms with Gasteiger partial charge in [0, 0.05) is 0 Å². The van der Waals surface area contributed by atoms with Crippen LogP contribution in [0.3, 0.4) is 0 Å². The molecule has 28 heavy (non-hydrogen) atoms. The van der Waals surface area contributed by atoms with E-state index < -0.39 is 0 Å². The van der Waals surface area contributed by atoms with E-state index in [2.05, 4.69) is 13.8 Å². The van der Waals surface area contributed by atoms with Crippen LogP contribution in [0.15, 0.2) is 53.4 Å². The van der Waals surface area contributed by atoms with Crippen LogP contribution in [-0.2, 0) is 4.79 Å². The van der Waals surface area contributed by atoms with Crippen molar-refractivity contribution in [1.29, 1.82) is 0 Å². The summed E-state index contributed by atoms with van der Waals surface area (Å²) in [4.78, 5) is 15.0. The number of thiocarbonyl (C=S) groups is 1. The highest BCUT2D eigenvalue weighted by Crippen LogP contribution is 2.37. The van der Waals surface area contributed by atoms with Crippen LogP contribution in [0.25, 0.3) is 6.08 Å². The molecule has 0 bridgehead atoms. The summed E-state index contributed by atoms with van der Waals surface area (Å²) in [7, 11) is 0. The van der Waals surface area contributed by atoms with Gasteiger partial charge in [0.15, 0.2) is 15.8 Å². The van der Waals surface area contributed by atoms with Crippen LogP contribution in [0.4, 0.5) is 5.69 Å². The van der Waals surface area contributed by atoms with Crippen LogP contribution in [0.2, 0.25) is 0 Å². The third-order valence-corrected chi connectivity index (χ3v) is 5.25. The molecular weight excluding hydrogens is 390 g/mol. The quantitative estimate of drug-likeness (QED) is 0.441. The molecule has 3 rings (SSSR count). The van der Waals surface area contributed by atoms with Gasteiger partial charge in [-0.15, -0.1) is 0 Å². The van der Waals surface area contributed by atoms with E-state index in [0.29, 0.717) is 39.9 Å². The van der Waals surface area contributed by atoms with Crippen LogP contribution < -0.4 is 14.4 Å². The number of benzene rings is 2. The number of nitrogens with zero attached hydrogens (tertiary/aromatic N) is 1. The SMILES string of the molecule is CCOc1cc(/C=C2\SC(=S)N(c3ccccc3)C2=O)ccc1OCC(C)C. The highest BCUT2D eigenvalue weighted by atomic mass is 32.2. The van der Waals surface area contributed by atoms with Crippen LogP contribution in [0.5, 0.6) is 11.5 Å². The summed E-state index contributed by atoms with van der Waals surface area (Å²) in [5.74, 6) is 1.70. The van der Waals surface area contributed by atoms with Crippen molar-refractivity contribution >= 4 is 46.0 Å². The van der Waals surface area contributed by atoms with Gasteiger partial charge in [-0.25, -0.2) is 0 Å². The van der Waals surface area contributed by atoms with Crippen molar-refractivity contribution < 1.29 is 14.3 Å². The first-order chi connectivity index (χ1) is 13.5. The van der Waals surface area contributed by atoms with E-state index in [9.17, 15) is 4.79 Å². The van der Waals surface area contributed by atoms with Crippen LogP contribution in [-0.4, -0.2) is 23.4 Å². The molecule has 1 aliphatic heterocycles. The third-order valence-electron chi connectivity index (χ3n) is 3.95. The standard InChI is InChI=1S/C22H23NO3S2/c1-4-25-19-12-16(10-11-18(19)26-14-15(2)3)13-20-21(24)23(22(27)28-20)17-8-6-5-7-9-17/h5-13,15H,4,14H2,1-3H3/b20-13-. The lowest BCUT2D eigenvalue weighted by molar-refractivity contribution is -0.113. The van der Waals surface area contributed by atoms with Crippen molar-refractivity contribution in [1.82, 2.24) is 0 Å². The van der Waals surface area contributed by atoms with Crippen molar-refractivity contribution in [3.63, 3.8) is 0 Å². The molecule has 146 valence electrons. The second-order valence-corrected chi connectivity index (χ2v) is 8.37. The Balaban J connectivity index is 1.85. The number of hydrogen-bond donors (Lipinski definition) is 0. The summed E-state index contributed by atoms with van der Waals surface area (Å²) < 4.78 is 12.1. The molecule has 0 aliphatic carbocycles. The maximum absolute atomic E-state index is 12.9. The number of hydrogen-bond acceptors (Lipinski definition) is 5. The highest BCUT2D eigenvalue weighted by Gasteiger charge is 2.33. The number of para-hydroxylation sites is 1. The average Bonchev–Trinajstić information content (AvgIpc) is 2.95. The van der Waals surface area contributed by atoms with Crippen molar-refractivity contribution in [2.45, 2.75) is 20.8 Å². The zero-order valence-electron chi connectivity index (χ0n) is 16.2. The topological polar surface area (TPSA) is 38.8 Å². The van der Waals surface area contributed by atoms with Gasteiger partial charge < -0.3 is 9.47 Å². The molecule has 2 aromatic rings. The molecule has 0 aromatic heterocycles. The Morgan fingerprint density at radius 2 is 1.86 bits per heavy atom. The van der Waals surface area contributed by atoms with Gasteiger partial charge in [0.2, 0.25) is 0 Å². The minimum atomic E-state index is -0.112. The first kappa shape index (κ1) is 20.4. The third kappa shape index (κ3) is 4.75. The molecule has 0 atom stereocenters. The fourth-order valence-electron chi connectivity index (χ4n) is 2.68. The zero-order valence-corrected chi connectivity index (χ0v) is 17.8. The maximum Gasteiger partial charge on any atom is 0.270 e. The minimum absolute atomic E-state index is 0.112. The predicted octanol–water partition coefficient (Wildman–Crippen LogP) is 5.53. The van der Waals surface area contributed by atoms with E-state index in [1.165, 1.54) is 11.8 Å². The molecule has 1 amide bonds. The molecule has 0 unspecified atom stereocenters. The predicted molar refractivity (Wildman–Crippen MR) is 120 cm³/mol. The Bertz CT molecular complexity index is 894. The Hall–Kier alpha value is -2.31. The molecule has 2 aromatic carbocycles. The van der Waals surface area contributed by atoms with Gasteiger partial charge in [0.1, 0.15) is 0 Å². The number of rotatable bonds is 7. The number of amides is 1. The van der Waals surface area contributed by atoms with E-state index in [-0.39, 0.29) is 5.91 Å². The van der Waals surface area contributed by atoms with Gasteiger partial charge in [0.25, 0.3) is 5.91 Å². The summed E-state index contributed by atoms with van der Waals surface area (Å²) in [6.45, 7) is 7.30. The van der Waals surface area contributed by atoms with Gasteiger partial charge in [0.05, 0.1) is 23.8 Å². The van der Waals surface area contributed by atoms with Gasteiger partial charge in [-0.3, -0.25) is 9.69 Å². The van der Waals surface area contributed by atoms with E-state index in [0.717, 1.165) is 11.3 Å². The number of anilines is 1. The maximum atomic E-state index is 12.9. The monoisotopic (exact) mass is 413 g/mol. The van der Waals surface area contributed by atoms with Crippen molar-refractivity contribution in [3.05, 3.63) is 59.0 Å². The second kappa shape index (κ2) is 9.26. The molecule has 1 aliphatic rings. The Morgan fingerprint density at radius 1 is 1.11 bits per heavy atom. The summed E-state index contributed by atoms with van der Waals surface area (Å²) in [5, 5.41) is 0. The molecule has 0 saturated carbocycles. The molecule has 0 radical (unpaired) electrons. The number of carbonyl (C=O) groups excluding carboxylic acids is 1. The summed E-state index contributed by atoms with van der Waals surface area (Å²) >= 11 is 6.73. The van der Waals surface area contributed by atoms with Crippen molar-refractivity contribution in [3.8, 4) is 11.5 Å². The molecule has 0 spiro atoms. The fraction of sp³-hybridized carbons (Fsp3) is 0.273. The van der Waals surface area contributed by atoms with Crippen LogP contribution in [0, 0.1) is 5.92 Å². The molecule has 1 fully saturated rings. The average molecular weight is 414 g/mol. The lowest BCUT2D eigenvalue weighted by Crippen LogP contribution is -2.27. The van der Waals surface area contributed by atoms with Crippen molar-refractivity contribution in [2.75, 3.05) is 18.1 Å².